The zero-order chi connectivity index (χ0) is 14.2. The highest BCUT2D eigenvalue weighted by molar-refractivity contribution is 9.10. The number of hydrogen-bond donors (Lipinski definition) is 1. The van der Waals surface area contributed by atoms with Gasteiger partial charge in [0, 0.05) is 11.5 Å². The number of halogens is 4. The molecule has 0 aliphatic carbocycles. The predicted octanol–water partition coefficient (Wildman–Crippen LogP) is 2.68. The summed E-state index contributed by atoms with van der Waals surface area (Å²) in [5.74, 6) is 0. The van der Waals surface area contributed by atoms with Crippen molar-refractivity contribution in [2.75, 3.05) is 0 Å². The molecule has 0 bridgehead atoms. The van der Waals surface area contributed by atoms with Crippen molar-refractivity contribution >= 4 is 15.9 Å². The standard InChI is InChI=1S/C11H9BrF3N3O/c1-18-9(5-16-17-18)10(19)6-2-3-8(12)7(4-6)11(13,14)15/h2-5,10,19H,1H3. The monoisotopic (exact) mass is 335 g/mol. The summed E-state index contributed by atoms with van der Waals surface area (Å²) in [4.78, 5) is 0. The largest absolute Gasteiger partial charge is 0.417 e. The number of aryl methyl sites for hydroxylation is 1. The molecule has 0 spiro atoms. The number of hydrogen-bond acceptors (Lipinski definition) is 3. The summed E-state index contributed by atoms with van der Waals surface area (Å²) < 4.78 is 39.6. The lowest BCUT2D eigenvalue weighted by Crippen LogP contribution is -2.10. The first-order valence-electron chi connectivity index (χ1n) is 5.20. The Labute approximate surface area is 115 Å². The van der Waals surface area contributed by atoms with Crippen molar-refractivity contribution in [3.05, 3.63) is 45.7 Å². The van der Waals surface area contributed by atoms with Crippen LogP contribution in [0.2, 0.25) is 0 Å². The van der Waals surface area contributed by atoms with Crippen LogP contribution in [-0.4, -0.2) is 20.1 Å². The number of rotatable bonds is 2. The van der Waals surface area contributed by atoms with Gasteiger partial charge in [0.1, 0.15) is 6.10 Å². The van der Waals surface area contributed by atoms with Gasteiger partial charge in [0.15, 0.2) is 0 Å². The van der Waals surface area contributed by atoms with E-state index in [9.17, 15) is 18.3 Å². The second-order valence-electron chi connectivity index (χ2n) is 3.92. The van der Waals surface area contributed by atoms with Crippen molar-refractivity contribution in [3.8, 4) is 0 Å². The second kappa shape index (κ2) is 4.93. The van der Waals surface area contributed by atoms with Gasteiger partial charge in [-0.05, 0) is 17.7 Å². The molecule has 1 unspecified atom stereocenters. The van der Waals surface area contributed by atoms with Crippen LogP contribution in [0.5, 0.6) is 0 Å². The van der Waals surface area contributed by atoms with Crippen molar-refractivity contribution in [3.63, 3.8) is 0 Å². The molecule has 102 valence electrons. The molecule has 0 saturated heterocycles. The first kappa shape index (κ1) is 14.0. The molecule has 4 nitrogen and oxygen atoms in total. The third kappa shape index (κ3) is 2.79. The highest BCUT2D eigenvalue weighted by Gasteiger charge is 2.33. The summed E-state index contributed by atoms with van der Waals surface area (Å²) in [6.07, 6.45) is -4.40. The fourth-order valence-corrected chi connectivity index (χ4v) is 2.12. The maximum absolute atomic E-state index is 12.8. The highest BCUT2D eigenvalue weighted by Crippen LogP contribution is 2.36. The lowest BCUT2D eigenvalue weighted by molar-refractivity contribution is -0.138. The number of alkyl halides is 3. The molecule has 1 N–H and O–H groups in total. The first-order valence-corrected chi connectivity index (χ1v) is 5.99. The van der Waals surface area contributed by atoms with Crippen LogP contribution in [0.25, 0.3) is 0 Å². The number of aromatic nitrogens is 3. The minimum Gasteiger partial charge on any atom is -0.382 e. The zero-order valence-electron chi connectivity index (χ0n) is 9.69. The Morgan fingerprint density at radius 2 is 2.05 bits per heavy atom. The van der Waals surface area contributed by atoms with Crippen LogP contribution in [0.4, 0.5) is 13.2 Å². The summed E-state index contributed by atoms with van der Waals surface area (Å²) in [7, 11) is 1.55. The van der Waals surface area contributed by atoms with Crippen molar-refractivity contribution < 1.29 is 18.3 Å². The van der Waals surface area contributed by atoms with Crippen LogP contribution in [0.3, 0.4) is 0 Å². The molecule has 2 rings (SSSR count). The predicted molar refractivity (Wildman–Crippen MR) is 64.2 cm³/mol. The average molecular weight is 336 g/mol. The van der Waals surface area contributed by atoms with Crippen LogP contribution in [0.15, 0.2) is 28.9 Å². The van der Waals surface area contributed by atoms with Crippen LogP contribution >= 0.6 is 15.9 Å². The zero-order valence-corrected chi connectivity index (χ0v) is 11.3. The van der Waals surface area contributed by atoms with Gasteiger partial charge in [0.25, 0.3) is 0 Å². The maximum atomic E-state index is 12.8. The van der Waals surface area contributed by atoms with E-state index in [-0.39, 0.29) is 10.0 Å². The summed E-state index contributed by atoms with van der Waals surface area (Å²) in [6.45, 7) is 0. The fourth-order valence-electron chi connectivity index (χ4n) is 1.65. The molecule has 2 aromatic rings. The van der Waals surface area contributed by atoms with E-state index >= 15 is 0 Å². The van der Waals surface area contributed by atoms with E-state index in [1.165, 1.54) is 23.0 Å². The summed E-state index contributed by atoms with van der Waals surface area (Å²) >= 11 is 2.85. The maximum Gasteiger partial charge on any atom is 0.417 e. The molecular weight excluding hydrogens is 327 g/mol. The Kier molecular flexibility index (Phi) is 3.64. The molecule has 1 heterocycles. The number of aliphatic hydroxyl groups is 1. The van der Waals surface area contributed by atoms with E-state index in [0.29, 0.717) is 5.69 Å². The van der Waals surface area contributed by atoms with E-state index in [0.717, 1.165) is 6.07 Å². The van der Waals surface area contributed by atoms with E-state index in [1.807, 2.05) is 0 Å². The lowest BCUT2D eigenvalue weighted by Gasteiger charge is -2.14. The fraction of sp³-hybridized carbons (Fsp3) is 0.273. The van der Waals surface area contributed by atoms with Gasteiger partial charge in [-0.1, -0.05) is 27.2 Å². The summed E-state index contributed by atoms with van der Waals surface area (Å²) in [5.41, 5.74) is -0.393. The number of benzene rings is 1. The second-order valence-corrected chi connectivity index (χ2v) is 4.78. The van der Waals surface area contributed by atoms with Crippen molar-refractivity contribution in [2.45, 2.75) is 12.3 Å². The van der Waals surface area contributed by atoms with Gasteiger partial charge in [-0.3, -0.25) is 0 Å². The quantitative estimate of drug-likeness (QED) is 0.917. The Bertz CT molecular complexity index is 597. The normalized spacial score (nSPS) is 13.6. The molecule has 0 fully saturated rings. The van der Waals surface area contributed by atoms with Gasteiger partial charge in [-0.25, -0.2) is 4.68 Å². The van der Waals surface area contributed by atoms with Crippen molar-refractivity contribution in [1.82, 2.24) is 15.0 Å². The molecule has 0 radical (unpaired) electrons. The molecule has 1 atom stereocenters. The third-order valence-corrected chi connectivity index (χ3v) is 3.33. The molecule has 8 heteroatoms. The van der Waals surface area contributed by atoms with Gasteiger partial charge in [-0.15, -0.1) is 5.10 Å². The van der Waals surface area contributed by atoms with Gasteiger partial charge >= 0.3 is 6.18 Å². The SMILES string of the molecule is Cn1nncc1C(O)c1ccc(Br)c(C(F)(F)F)c1. The summed E-state index contributed by atoms with van der Waals surface area (Å²) in [5, 5.41) is 17.3. The molecular formula is C11H9BrF3N3O. The molecule has 0 saturated carbocycles. The van der Waals surface area contributed by atoms with Crippen LogP contribution in [0.1, 0.15) is 22.9 Å². The molecule has 0 amide bonds. The minimum absolute atomic E-state index is 0.0703. The topological polar surface area (TPSA) is 50.9 Å². The van der Waals surface area contributed by atoms with Gasteiger partial charge in [0.05, 0.1) is 17.5 Å². The smallest absolute Gasteiger partial charge is 0.382 e. The van der Waals surface area contributed by atoms with Gasteiger partial charge in [-0.2, -0.15) is 13.2 Å². The van der Waals surface area contributed by atoms with E-state index in [2.05, 4.69) is 26.2 Å². The minimum atomic E-state index is -4.49. The molecule has 19 heavy (non-hydrogen) atoms. The molecule has 1 aromatic carbocycles. The number of aliphatic hydroxyl groups excluding tert-OH is 1. The lowest BCUT2D eigenvalue weighted by atomic mass is 10.0. The number of nitrogens with zero attached hydrogens (tertiary/aromatic N) is 3. The Balaban J connectivity index is 2.44. The average Bonchev–Trinajstić information content (AvgIpc) is 2.73. The molecule has 0 aliphatic heterocycles. The van der Waals surface area contributed by atoms with E-state index in [4.69, 9.17) is 0 Å². The molecule has 1 aromatic heterocycles. The van der Waals surface area contributed by atoms with Crippen LogP contribution in [0, 0.1) is 0 Å². The summed E-state index contributed by atoms with van der Waals surface area (Å²) in [6, 6.07) is 3.57. The van der Waals surface area contributed by atoms with Gasteiger partial charge < -0.3 is 5.11 Å². The van der Waals surface area contributed by atoms with Crippen LogP contribution < -0.4 is 0 Å². The molecule has 0 aliphatic rings. The van der Waals surface area contributed by atoms with E-state index < -0.39 is 17.8 Å². The van der Waals surface area contributed by atoms with Crippen molar-refractivity contribution in [2.24, 2.45) is 7.05 Å². The Hall–Kier alpha value is -1.41. The van der Waals surface area contributed by atoms with Crippen LogP contribution in [-0.2, 0) is 13.2 Å². The van der Waals surface area contributed by atoms with Gasteiger partial charge in [0.2, 0.25) is 0 Å². The van der Waals surface area contributed by atoms with Crippen molar-refractivity contribution in [1.29, 1.82) is 0 Å². The Morgan fingerprint density at radius 1 is 1.37 bits per heavy atom. The first-order chi connectivity index (χ1) is 8.80. The van der Waals surface area contributed by atoms with E-state index in [1.54, 1.807) is 7.05 Å². The third-order valence-electron chi connectivity index (χ3n) is 2.64. The Morgan fingerprint density at radius 3 is 2.58 bits per heavy atom. The highest BCUT2D eigenvalue weighted by atomic mass is 79.9.